The maximum atomic E-state index is 11.5. The van der Waals surface area contributed by atoms with Crippen LogP contribution in [0, 0.1) is 0 Å². The van der Waals surface area contributed by atoms with E-state index in [1.165, 1.54) is 7.11 Å². The molecule has 0 fully saturated rings. The normalized spacial score (nSPS) is 9.89. The van der Waals surface area contributed by atoms with Gasteiger partial charge in [-0.05, 0) is 38.1 Å². The highest BCUT2D eigenvalue weighted by Crippen LogP contribution is 2.16. The molecule has 6 nitrogen and oxygen atoms in total. The monoisotopic (exact) mass is 266 g/mol. The number of amides is 2. The molecule has 0 spiro atoms. The third kappa shape index (κ3) is 5.76. The molecule has 6 heteroatoms. The Labute approximate surface area is 112 Å². The highest BCUT2D eigenvalue weighted by atomic mass is 16.5. The molecule has 1 aromatic rings. The second-order valence-electron chi connectivity index (χ2n) is 4.08. The number of hydrogen-bond acceptors (Lipinski definition) is 4. The van der Waals surface area contributed by atoms with E-state index < -0.39 is 6.09 Å². The van der Waals surface area contributed by atoms with Gasteiger partial charge in [-0.15, -0.1) is 0 Å². The van der Waals surface area contributed by atoms with E-state index in [9.17, 15) is 9.59 Å². The van der Waals surface area contributed by atoms with Crippen molar-refractivity contribution in [3.05, 3.63) is 24.3 Å². The fourth-order valence-electron chi connectivity index (χ4n) is 1.32. The van der Waals surface area contributed by atoms with Gasteiger partial charge in [0.05, 0.1) is 13.2 Å². The first-order valence-corrected chi connectivity index (χ1v) is 5.89. The van der Waals surface area contributed by atoms with Crippen LogP contribution in [0.5, 0.6) is 5.75 Å². The van der Waals surface area contributed by atoms with Crippen molar-refractivity contribution in [3.63, 3.8) is 0 Å². The Bertz CT molecular complexity index is 429. The molecular weight excluding hydrogens is 248 g/mol. The molecule has 0 saturated heterocycles. The zero-order chi connectivity index (χ0) is 14.3. The standard InChI is InChI=1S/C13H18N2O4/c1-9(2)19-11-6-4-10(5-7-11)15-12(16)8-14-13(17)18-3/h4-7,9H,8H2,1-3H3,(H,14,17)(H,15,16). The topological polar surface area (TPSA) is 76.7 Å². The SMILES string of the molecule is COC(=O)NCC(=O)Nc1ccc(OC(C)C)cc1. The Balaban J connectivity index is 2.44. The maximum absolute atomic E-state index is 11.5. The molecule has 0 aliphatic rings. The van der Waals surface area contributed by atoms with Crippen LogP contribution in [-0.2, 0) is 9.53 Å². The zero-order valence-electron chi connectivity index (χ0n) is 11.2. The second kappa shape index (κ2) is 7.25. The minimum Gasteiger partial charge on any atom is -0.491 e. The Morgan fingerprint density at radius 2 is 1.84 bits per heavy atom. The first-order chi connectivity index (χ1) is 9.01. The van der Waals surface area contributed by atoms with Crippen molar-refractivity contribution in [3.8, 4) is 5.75 Å². The van der Waals surface area contributed by atoms with E-state index in [-0.39, 0.29) is 18.6 Å². The molecule has 0 bridgehead atoms. The predicted molar refractivity (Wildman–Crippen MR) is 71.2 cm³/mol. The van der Waals surface area contributed by atoms with Crippen molar-refractivity contribution in [2.75, 3.05) is 19.0 Å². The van der Waals surface area contributed by atoms with Gasteiger partial charge in [-0.2, -0.15) is 0 Å². The molecule has 0 aliphatic carbocycles. The lowest BCUT2D eigenvalue weighted by Gasteiger charge is -2.10. The summed E-state index contributed by atoms with van der Waals surface area (Å²) in [6, 6.07) is 6.99. The van der Waals surface area contributed by atoms with Crippen molar-refractivity contribution in [1.82, 2.24) is 5.32 Å². The Morgan fingerprint density at radius 1 is 1.21 bits per heavy atom. The molecule has 2 amide bonds. The summed E-state index contributed by atoms with van der Waals surface area (Å²) in [5.74, 6) is 0.406. The van der Waals surface area contributed by atoms with Crippen LogP contribution in [0.25, 0.3) is 0 Å². The molecule has 0 aliphatic heterocycles. The molecule has 1 rings (SSSR count). The first kappa shape index (κ1) is 14.8. The van der Waals surface area contributed by atoms with E-state index in [4.69, 9.17) is 4.74 Å². The van der Waals surface area contributed by atoms with Gasteiger partial charge in [0, 0.05) is 5.69 Å². The van der Waals surface area contributed by atoms with Crippen LogP contribution in [0.2, 0.25) is 0 Å². The summed E-state index contributed by atoms with van der Waals surface area (Å²) in [4.78, 5) is 22.3. The second-order valence-corrected chi connectivity index (χ2v) is 4.08. The maximum Gasteiger partial charge on any atom is 0.407 e. The van der Waals surface area contributed by atoms with Gasteiger partial charge in [-0.1, -0.05) is 0 Å². The van der Waals surface area contributed by atoms with Gasteiger partial charge in [0.25, 0.3) is 0 Å². The summed E-state index contributed by atoms with van der Waals surface area (Å²) >= 11 is 0. The molecule has 1 aromatic carbocycles. The molecule has 0 radical (unpaired) electrons. The molecule has 0 aromatic heterocycles. The fourth-order valence-corrected chi connectivity index (χ4v) is 1.32. The summed E-state index contributed by atoms with van der Waals surface area (Å²) in [6.45, 7) is 3.74. The van der Waals surface area contributed by atoms with Gasteiger partial charge in [-0.25, -0.2) is 4.79 Å². The van der Waals surface area contributed by atoms with Crippen molar-refractivity contribution >= 4 is 17.7 Å². The smallest absolute Gasteiger partial charge is 0.407 e. The molecule has 19 heavy (non-hydrogen) atoms. The van der Waals surface area contributed by atoms with Gasteiger partial charge >= 0.3 is 6.09 Å². The number of alkyl carbamates (subject to hydrolysis) is 1. The molecule has 0 heterocycles. The van der Waals surface area contributed by atoms with Crippen molar-refractivity contribution in [1.29, 1.82) is 0 Å². The van der Waals surface area contributed by atoms with Gasteiger partial charge in [0.2, 0.25) is 5.91 Å². The highest BCUT2D eigenvalue weighted by molar-refractivity contribution is 5.93. The Morgan fingerprint density at radius 3 is 2.37 bits per heavy atom. The summed E-state index contributed by atoms with van der Waals surface area (Å²) in [7, 11) is 1.24. The Kier molecular flexibility index (Phi) is 5.66. The third-order valence-corrected chi connectivity index (χ3v) is 2.09. The van der Waals surface area contributed by atoms with E-state index in [1.807, 2.05) is 13.8 Å². The quantitative estimate of drug-likeness (QED) is 0.851. The van der Waals surface area contributed by atoms with Crippen molar-refractivity contribution in [2.45, 2.75) is 20.0 Å². The predicted octanol–water partition coefficient (Wildman–Crippen LogP) is 1.77. The van der Waals surface area contributed by atoms with Crippen LogP contribution in [-0.4, -0.2) is 31.8 Å². The largest absolute Gasteiger partial charge is 0.491 e. The van der Waals surface area contributed by atoms with Crippen LogP contribution in [0.3, 0.4) is 0 Å². The van der Waals surface area contributed by atoms with E-state index in [2.05, 4.69) is 15.4 Å². The third-order valence-electron chi connectivity index (χ3n) is 2.09. The van der Waals surface area contributed by atoms with Crippen molar-refractivity contribution in [2.24, 2.45) is 0 Å². The summed E-state index contributed by atoms with van der Waals surface area (Å²) in [6.07, 6.45) is -0.541. The van der Waals surface area contributed by atoms with E-state index >= 15 is 0 Å². The van der Waals surface area contributed by atoms with Gasteiger partial charge in [0.1, 0.15) is 12.3 Å². The summed E-state index contributed by atoms with van der Waals surface area (Å²) in [5.41, 5.74) is 0.632. The number of carbonyl (C=O) groups excluding carboxylic acids is 2. The molecule has 2 N–H and O–H groups in total. The number of benzene rings is 1. The zero-order valence-corrected chi connectivity index (χ0v) is 11.2. The highest BCUT2D eigenvalue weighted by Gasteiger charge is 2.05. The van der Waals surface area contributed by atoms with Crippen LogP contribution in [0.1, 0.15) is 13.8 Å². The van der Waals surface area contributed by atoms with Gasteiger partial charge < -0.3 is 20.1 Å². The minimum atomic E-state index is -0.643. The average Bonchev–Trinajstić information content (AvgIpc) is 2.37. The molecule has 0 saturated carbocycles. The van der Waals surface area contributed by atoms with Crippen LogP contribution < -0.4 is 15.4 Å². The van der Waals surface area contributed by atoms with Crippen LogP contribution in [0.15, 0.2) is 24.3 Å². The fraction of sp³-hybridized carbons (Fsp3) is 0.385. The molecule has 0 atom stereocenters. The van der Waals surface area contributed by atoms with E-state index in [0.717, 1.165) is 5.75 Å². The number of methoxy groups -OCH3 is 1. The van der Waals surface area contributed by atoms with E-state index in [1.54, 1.807) is 24.3 Å². The minimum absolute atomic E-state index is 0.102. The van der Waals surface area contributed by atoms with Crippen molar-refractivity contribution < 1.29 is 19.1 Å². The van der Waals surface area contributed by atoms with E-state index in [0.29, 0.717) is 5.69 Å². The number of rotatable bonds is 5. The van der Waals surface area contributed by atoms with Crippen LogP contribution >= 0.6 is 0 Å². The lowest BCUT2D eigenvalue weighted by molar-refractivity contribution is -0.115. The summed E-state index contributed by atoms with van der Waals surface area (Å²) < 4.78 is 9.84. The molecular formula is C13H18N2O4. The number of ether oxygens (including phenoxy) is 2. The lowest BCUT2D eigenvalue weighted by atomic mass is 10.3. The number of carbonyl (C=O) groups is 2. The van der Waals surface area contributed by atoms with Crippen LogP contribution in [0.4, 0.5) is 10.5 Å². The molecule has 0 unspecified atom stereocenters. The average molecular weight is 266 g/mol. The number of nitrogens with one attached hydrogen (secondary N) is 2. The van der Waals surface area contributed by atoms with Gasteiger partial charge in [-0.3, -0.25) is 4.79 Å². The number of anilines is 1. The first-order valence-electron chi connectivity index (χ1n) is 5.89. The number of hydrogen-bond donors (Lipinski definition) is 2. The van der Waals surface area contributed by atoms with Gasteiger partial charge in [0.15, 0.2) is 0 Å². The molecule has 104 valence electrons. The Hall–Kier alpha value is -2.24. The lowest BCUT2D eigenvalue weighted by Crippen LogP contribution is -2.32. The summed E-state index contributed by atoms with van der Waals surface area (Å²) in [5, 5.41) is 4.93.